The Labute approximate surface area is 123 Å². The maximum atomic E-state index is 11.3. The maximum Gasteiger partial charge on any atom is 0.250 e. The SMILES string of the molecule is COc1ccccc1CCNc1ccc(N)c(C(N)=O)c1. The first kappa shape index (κ1) is 14.7. The van der Waals surface area contributed by atoms with Gasteiger partial charge in [0.25, 0.3) is 5.91 Å². The number of carbonyl (C=O) groups excluding carboxylic acids is 1. The van der Waals surface area contributed by atoms with Crippen LogP contribution in [0.3, 0.4) is 0 Å². The fourth-order valence-corrected chi connectivity index (χ4v) is 2.13. The molecular weight excluding hydrogens is 266 g/mol. The van der Waals surface area contributed by atoms with Gasteiger partial charge in [-0.05, 0) is 36.2 Å². The molecule has 0 fully saturated rings. The van der Waals surface area contributed by atoms with Gasteiger partial charge in [0.1, 0.15) is 5.75 Å². The number of benzene rings is 2. The predicted molar refractivity (Wildman–Crippen MR) is 84.6 cm³/mol. The normalized spacial score (nSPS) is 10.1. The quantitative estimate of drug-likeness (QED) is 0.708. The van der Waals surface area contributed by atoms with Gasteiger partial charge in [-0.3, -0.25) is 4.79 Å². The van der Waals surface area contributed by atoms with Crippen LogP contribution in [0.4, 0.5) is 11.4 Å². The Bertz CT molecular complexity index is 641. The van der Waals surface area contributed by atoms with Crippen molar-refractivity contribution in [2.75, 3.05) is 24.7 Å². The molecule has 0 aliphatic rings. The number of carbonyl (C=O) groups is 1. The van der Waals surface area contributed by atoms with Gasteiger partial charge in [0.05, 0.1) is 12.7 Å². The van der Waals surface area contributed by atoms with E-state index in [-0.39, 0.29) is 0 Å². The molecular formula is C16H19N3O2. The van der Waals surface area contributed by atoms with Gasteiger partial charge in [-0.1, -0.05) is 18.2 Å². The van der Waals surface area contributed by atoms with E-state index in [1.165, 1.54) is 0 Å². The summed E-state index contributed by atoms with van der Waals surface area (Å²) >= 11 is 0. The highest BCUT2D eigenvalue weighted by Crippen LogP contribution is 2.19. The second-order valence-corrected chi connectivity index (χ2v) is 4.65. The van der Waals surface area contributed by atoms with E-state index in [9.17, 15) is 4.79 Å². The Kier molecular flexibility index (Phi) is 4.66. The lowest BCUT2D eigenvalue weighted by atomic mass is 10.1. The van der Waals surface area contributed by atoms with Gasteiger partial charge in [-0.25, -0.2) is 0 Å². The van der Waals surface area contributed by atoms with Gasteiger partial charge < -0.3 is 21.5 Å². The highest BCUT2D eigenvalue weighted by atomic mass is 16.5. The summed E-state index contributed by atoms with van der Waals surface area (Å²) in [6.45, 7) is 0.711. The molecule has 0 heterocycles. The molecule has 2 rings (SSSR count). The molecule has 0 bridgehead atoms. The molecule has 110 valence electrons. The Balaban J connectivity index is 2.00. The summed E-state index contributed by atoms with van der Waals surface area (Å²) < 4.78 is 5.31. The summed E-state index contributed by atoms with van der Waals surface area (Å²) in [7, 11) is 1.66. The van der Waals surface area contributed by atoms with E-state index in [0.717, 1.165) is 23.4 Å². The highest BCUT2D eigenvalue weighted by molar-refractivity contribution is 5.98. The van der Waals surface area contributed by atoms with Crippen LogP contribution in [0, 0.1) is 0 Å². The smallest absolute Gasteiger partial charge is 0.250 e. The minimum atomic E-state index is -0.527. The summed E-state index contributed by atoms with van der Waals surface area (Å²) in [6.07, 6.45) is 0.806. The van der Waals surface area contributed by atoms with Crippen LogP contribution in [0.25, 0.3) is 0 Å². The lowest BCUT2D eigenvalue weighted by Crippen LogP contribution is -2.14. The van der Waals surface area contributed by atoms with Crippen LogP contribution in [0.1, 0.15) is 15.9 Å². The number of hydrogen-bond acceptors (Lipinski definition) is 4. The molecule has 0 saturated carbocycles. The fourth-order valence-electron chi connectivity index (χ4n) is 2.13. The molecule has 5 heteroatoms. The minimum Gasteiger partial charge on any atom is -0.496 e. The van der Waals surface area contributed by atoms with Gasteiger partial charge in [0.2, 0.25) is 0 Å². The second kappa shape index (κ2) is 6.65. The summed E-state index contributed by atoms with van der Waals surface area (Å²) in [6, 6.07) is 13.0. The van der Waals surface area contributed by atoms with Crippen molar-refractivity contribution in [3.8, 4) is 5.75 Å². The van der Waals surface area contributed by atoms with Gasteiger partial charge in [0, 0.05) is 17.9 Å². The van der Waals surface area contributed by atoms with Crippen molar-refractivity contribution >= 4 is 17.3 Å². The standard InChI is InChI=1S/C16H19N3O2/c1-21-15-5-3-2-4-11(15)8-9-19-12-6-7-14(17)13(10-12)16(18)20/h2-7,10,19H,8-9,17H2,1H3,(H2,18,20). The number of amides is 1. The van der Waals surface area contributed by atoms with Crippen molar-refractivity contribution in [2.24, 2.45) is 5.73 Å². The van der Waals surface area contributed by atoms with Gasteiger partial charge >= 0.3 is 0 Å². The number of para-hydroxylation sites is 1. The second-order valence-electron chi connectivity index (χ2n) is 4.65. The molecule has 0 radical (unpaired) electrons. The van der Waals surface area contributed by atoms with Crippen LogP contribution in [0.2, 0.25) is 0 Å². The molecule has 1 amide bonds. The molecule has 5 nitrogen and oxygen atoms in total. The van der Waals surface area contributed by atoms with Gasteiger partial charge in [-0.2, -0.15) is 0 Å². The lowest BCUT2D eigenvalue weighted by Gasteiger charge is -2.11. The van der Waals surface area contributed by atoms with Crippen LogP contribution < -0.4 is 21.5 Å². The van der Waals surface area contributed by atoms with Crippen LogP contribution in [0.15, 0.2) is 42.5 Å². The molecule has 2 aromatic rings. The molecule has 0 atom stereocenters. The Morgan fingerprint density at radius 1 is 1.24 bits per heavy atom. The van der Waals surface area contributed by atoms with E-state index in [4.69, 9.17) is 16.2 Å². The number of anilines is 2. The molecule has 2 aromatic carbocycles. The van der Waals surface area contributed by atoms with E-state index in [1.807, 2.05) is 30.3 Å². The average Bonchev–Trinajstić information content (AvgIpc) is 2.49. The summed E-state index contributed by atoms with van der Waals surface area (Å²) in [4.78, 5) is 11.3. The number of ether oxygens (including phenoxy) is 1. The van der Waals surface area contributed by atoms with Gasteiger partial charge in [0.15, 0.2) is 0 Å². The molecule has 0 spiro atoms. The number of rotatable bonds is 6. The van der Waals surface area contributed by atoms with Crippen molar-refractivity contribution < 1.29 is 9.53 Å². The summed E-state index contributed by atoms with van der Waals surface area (Å²) in [5, 5.41) is 3.25. The van der Waals surface area contributed by atoms with Crippen molar-refractivity contribution in [3.05, 3.63) is 53.6 Å². The Morgan fingerprint density at radius 2 is 2.00 bits per heavy atom. The Morgan fingerprint density at radius 3 is 2.71 bits per heavy atom. The third-order valence-electron chi connectivity index (χ3n) is 3.23. The van der Waals surface area contributed by atoms with Crippen LogP contribution >= 0.6 is 0 Å². The first-order valence-electron chi connectivity index (χ1n) is 6.67. The van der Waals surface area contributed by atoms with E-state index in [1.54, 1.807) is 19.2 Å². The first-order chi connectivity index (χ1) is 10.1. The van der Waals surface area contributed by atoms with Gasteiger partial charge in [-0.15, -0.1) is 0 Å². The summed E-state index contributed by atoms with van der Waals surface area (Å²) in [5.41, 5.74) is 13.6. The maximum absolute atomic E-state index is 11.3. The van der Waals surface area contributed by atoms with E-state index < -0.39 is 5.91 Å². The fraction of sp³-hybridized carbons (Fsp3) is 0.188. The van der Waals surface area contributed by atoms with Crippen LogP contribution in [-0.4, -0.2) is 19.6 Å². The Hall–Kier alpha value is -2.69. The van der Waals surface area contributed by atoms with E-state index in [0.29, 0.717) is 17.8 Å². The largest absolute Gasteiger partial charge is 0.496 e. The van der Waals surface area contributed by atoms with Crippen molar-refractivity contribution in [3.63, 3.8) is 0 Å². The molecule has 0 aliphatic carbocycles. The number of nitrogens with two attached hydrogens (primary N) is 2. The molecule has 5 N–H and O–H groups in total. The zero-order chi connectivity index (χ0) is 15.2. The van der Waals surface area contributed by atoms with Crippen LogP contribution in [-0.2, 0) is 6.42 Å². The van der Waals surface area contributed by atoms with Crippen LogP contribution in [0.5, 0.6) is 5.75 Å². The average molecular weight is 285 g/mol. The molecule has 21 heavy (non-hydrogen) atoms. The first-order valence-corrected chi connectivity index (χ1v) is 6.67. The summed E-state index contributed by atoms with van der Waals surface area (Å²) in [5.74, 6) is 0.343. The van der Waals surface area contributed by atoms with Crippen molar-refractivity contribution in [1.82, 2.24) is 0 Å². The topological polar surface area (TPSA) is 90.4 Å². The number of methoxy groups -OCH3 is 1. The number of hydrogen-bond donors (Lipinski definition) is 3. The molecule has 0 aromatic heterocycles. The number of primary amides is 1. The molecule has 0 saturated heterocycles. The molecule has 0 unspecified atom stereocenters. The highest BCUT2D eigenvalue weighted by Gasteiger charge is 2.07. The zero-order valence-electron chi connectivity index (χ0n) is 11.9. The number of nitrogen functional groups attached to an aromatic ring is 1. The van der Waals surface area contributed by atoms with Crippen molar-refractivity contribution in [1.29, 1.82) is 0 Å². The zero-order valence-corrected chi connectivity index (χ0v) is 11.9. The van der Waals surface area contributed by atoms with E-state index >= 15 is 0 Å². The third-order valence-corrected chi connectivity index (χ3v) is 3.23. The monoisotopic (exact) mass is 285 g/mol. The molecule has 0 aliphatic heterocycles. The van der Waals surface area contributed by atoms with Crippen molar-refractivity contribution in [2.45, 2.75) is 6.42 Å². The number of nitrogens with one attached hydrogen (secondary N) is 1. The minimum absolute atomic E-state index is 0.331. The van der Waals surface area contributed by atoms with E-state index in [2.05, 4.69) is 5.32 Å². The lowest BCUT2D eigenvalue weighted by molar-refractivity contribution is 0.100. The third kappa shape index (κ3) is 3.66. The predicted octanol–water partition coefficient (Wildman–Crippen LogP) is 2.03.